The first-order chi connectivity index (χ1) is 10.1. The van der Waals surface area contributed by atoms with Crippen molar-refractivity contribution in [2.24, 2.45) is 0 Å². The number of amides is 1. The Kier molecular flexibility index (Phi) is 4.84. The smallest absolute Gasteiger partial charge is 0.238 e. The third-order valence-corrected chi connectivity index (χ3v) is 5.05. The van der Waals surface area contributed by atoms with Crippen LogP contribution in [-0.2, 0) is 4.79 Å². The van der Waals surface area contributed by atoms with Crippen LogP contribution < -0.4 is 5.32 Å². The number of nitrogens with one attached hydrogen (secondary N) is 1. The normalized spacial score (nSPS) is 23.0. The average Bonchev–Trinajstić information content (AvgIpc) is 2.89. The summed E-state index contributed by atoms with van der Waals surface area (Å²) in [6.07, 6.45) is 2.55. The van der Waals surface area contributed by atoms with Gasteiger partial charge in [0.15, 0.2) is 0 Å². The van der Waals surface area contributed by atoms with Gasteiger partial charge < -0.3 is 5.32 Å². The number of fused-ring (bicyclic) bond motifs is 1. The Morgan fingerprint density at radius 1 is 1.38 bits per heavy atom. The van der Waals surface area contributed by atoms with Crippen molar-refractivity contribution in [3.63, 3.8) is 0 Å². The maximum absolute atomic E-state index is 12.2. The van der Waals surface area contributed by atoms with Crippen LogP contribution in [0.25, 0.3) is 0 Å². The molecule has 0 bridgehead atoms. The number of hydrogen-bond acceptors (Lipinski definition) is 3. The molecule has 2 saturated heterocycles. The summed E-state index contributed by atoms with van der Waals surface area (Å²) in [6, 6.07) is 6.12. The Bertz CT molecular complexity index is 540. The second-order valence-corrected chi connectivity index (χ2v) is 7.06. The summed E-state index contributed by atoms with van der Waals surface area (Å²) < 4.78 is 0.905. The number of benzene rings is 1. The first-order valence-electron chi connectivity index (χ1n) is 7.33. The zero-order valence-corrected chi connectivity index (χ0v) is 14.2. The number of carbonyl (C=O) groups excluding carboxylic acids is 1. The molecule has 2 aliphatic rings. The molecule has 1 amide bonds. The van der Waals surface area contributed by atoms with Crippen molar-refractivity contribution >= 4 is 39.1 Å². The van der Waals surface area contributed by atoms with E-state index in [9.17, 15) is 4.79 Å². The van der Waals surface area contributed by atoms with Crippen LogP contribution in [0.1, 0.15) is 12.8 Å². The van der Waals surface area contributed by atoms with E-state index in [0.717, 1.165) is 24.1 Å². The van der Waals surface area contributed by atoms with Crippen LogP contribution in [0.4, 0.5) is 5.69 Å². The molecule has 21 heavy (non-hydrogen) atoms. The standard InChI is InChI=1S/C15H19BrClN3O/c16-11-3-4-14(13(17)8-11)18-15(21)10-19-6-7-20-5-1-2-12(20)9-19/h3-4,8,12H,1-2,5-7,9-10H2,(H,18,21). The molecule has 0 saturated carbocycles. The molecule has 2 fully saturated rings. The van der Waals surface area contributed by atoms with E-state index in [1.165, 1.54) is 19.4 Å². The molecule has 6 heteroatoms. The fraction of sp³-hybridized carbons (Fsp3) is 0.533. The Morgan fingerprint density at radius 3 is 3.05 bits per heavy atom. The summed E-state index contributed by atoms with van der Waals surface area (Å²) in [6.45, 7) is 4.71. The highest BCUT2D eigenvalue weighted by Crippen LogP contribution is 2.26. The Hall–Kier alpha value is -0.620. The van der Waals surface area contributed by atoms with Gasteiger partial charge in [-0.3, -0.25) is 14.6 Å². The molecule has 0 radical (unpaired) electrons. The van der Waals surface area contributed by atoms with Crippen LogP contribution in [0.5, 0.6) is 0 Å². The molecule has 1 aromatic rings. The highest BCUT2D eigenvalue weighted by atomic mass is 79.9. The van der Waals surface area contributed by atoms with Gasteiger partial charge in [-0.1, -0.05) is 27.5 Å². The van der Waals surface area contributed by atoms with Crippen LogP contribution >= 0.6 is 27.5 Å². The quantitative estimate of drug-likeness (QED) is 0.886. The van der Waals surface area contributed by atoms with E-state index in [1.807, 2.05) is 12.1 Å². The van der Waals surface area contributed by atoms with Gasteiger partial charge in [-0.05, 0) is 37.6 Å². The Labute approximate surface area is 138 Å². The summed E-state index contributed by atoms with van der Waals surface area (Å²) in [4.78, 5) is 17.0. The molecule has 114 valence electrons. The zero-order valence-electron chi connectivity index (χ0n) is 11.8. The lowest BCUT2D eigenvalue weighted by atomic mass is 10.1. The molecule has 3 rings (SSSR count). The molecule has 2 heterocycles. The van der Waals surface area contributed by atoms with Crippen LogP contribution in [0.15, 0.2) is 22.7 Å². The summed E-state index contributed by atoms with van der Waals surface area (Å²) >= 11 is 9.48. The van der Waals surface area contributed by atoms with E-state index in [2.05, 4.69) is 31.0 Å². The van der Waals surface area contributed by atoms with Gasteiger partial charge in [0, 0.05) is 30.1 Å². The van der Waals surface area contributed by atoms with Gasteiger partial charge in [0.2, 0.25) is 5.91 Å². The van der Waals surface area contributed by atoms with Gasteiger partial charge in [0.05, 0.1) is 17.3 Å². The molecular weight excluding hydrogens is 354 g/mol. The molecule has 1 aromatic carbocycles. The van der Waals surface area contributed by atoms with Crippen LogP contribution in [0.3, 0.4) is 0 Å². The minimum atomic E-state index is 0.00525. The lowest BCUT2D eigenvalue weighted by Crippen LogP contribution is -2.51. The van der Waals surface area contributed by atoms with Gasteiger partial charge in [0.1, 0.15) is 0 Å². The predicted octanol–water partition coefficient (Wildman–Crippen LogP) is 2.82. The summed E-state index contributed by atoms with van der Waals surface area (Å²) in [5, 5.41) is 3.45. The maximum Gasteiger partial charge on any atom is 0.238 e. The van der Waals surface area contributed by atoms with E-state index in [4.69, 9.17) is 11.6 Å². The van der Waals surface area contributed by atoms with Crippen molar-refractivity contribution in [3.05, 3.63) is 27.7 Å². The highest BCUT2D eigenvalue weighted by molar-refractivity contribution is 9.10. The number of hydrogen-bond donors (Lipinski definition) is 1. The number of rotatable bonds is 3. The fourth-order valence-electron chi connectivity index (χ4n) is 3.18. The molecule has 0 aliphatic carbocycles. The largest absolute Gasteiger partial charge is 0.324 e. The molecule has 1 N–H and O–H groups in total. The lowest BCUT2D eigenvalue weighted by molar-refractivity contribution is -0.117. The van der Waals surface area contributed by atoms with Crippen molar-refractivity contribution in [1.29, 1.82) is 0 Å². The van der Waals surface area contributed by atoms with E-state index in [-0.39, 0.29) is 5.91 Å². The predicted molar refractivity (Wildman–Crippen MR) is 88.8 cm³/mol. The zero-order chi connectivity index (χ0) is 14.8. The number of carbonyl (C=O) groups is 1. The van der Waals surface area contributed by atoms with Crippen LogP contribution in [-0.4, -0.2) is 54.5 Å². The number of anilines is 1. The Balaban J connectivity index is 1.54. The lowest BCUT2D eigenvalue weighted by Gasteiger charge is -2.37. The van der Waals surface area contributed by atoms with Gasteiger partial charge in [-0.25, -0.2) is 0 Å². The summed E-state index contributed by atoms with van der Waals surface area (Å²) in [5.41, 5.74) is 0.671. The first-order valence-corrected chi connectivity index (χ1v) is 8.50. The van der Waals surface area contributed by atoms with Crippen molar-refractivity contribution < 1.29 is 4.79 Å². The van der Waals surface area contributed by atoms with Gasteiger partial charge in [-0.2, -0.15) is 0 Å². The second kappa shape index (κ2) is 6.65. The second-order valence-electron chi connectivity index (χ2n) is 5.74. The molecule has 2 aliphatic heterocycles. The van der Waals surface area contributed by atoms with Crippen molar-refractivity contribution in [2.75, 3.05) is 38.0 Å². The SMILES string of the molecule is O=C(CN1CCN2CCCC2C1)Nc1ccc(Br)cc1Cl. The monoisotopic (exact) mass is 371 g/mol. The van der Waals surface area contributed by atoms with Crippen LogP contribution in [0.2, 0.25) is 5.02 Å². The van der Waals surface area contributed by atoms with Crippen molar-refractivity contribution in [2.45, 2.75) is 18.9 Å². The third kappa shape index (κ3) is 3.77. The molecule has 0 aromatic heterocycles. The van der Waals surface area contributed by atoms with Gasteiger partial charge in [0.25, 0.3) is 0 Å². The first kappa shape index (κ1) is 15.3. The summed E-state index contributed by atoms with van der Waals surface area (Å²) in [5.74, 6) is 0.00525. The number of halogens is 2. The minimum absolute atomic E-state index is 0.00525. The van der Waals surface area contributed by atoms with E-state index < -0.39 is 0 Å². The Morgan fingerprint density at radius 2 is 2.24 bits per heavy atom. The topological polar surface area (TPSA) is 35.6 Å². The summed E-state index contributed by atoms with van der Waals surface area (Å²) in [7, 11) is 0. The van der Waals surface area contributed by atoms with E-state index in [1.54, 1.807) is 6.07 Å². The molecule has 4 nitrogen and oxygen atoms in total. The molecule has 0 spiro atoms. The molecule has 1 unspecified atom stereocenters. The number of nitrogens with zero attached hydrogens (tertiary/aromatic N) is 2. The van der Waals surface area contributed by atoms with Crippen molar-refractivity contribution in [1.82, 2.24) is 9.80 Å². The highest BCUT2D eigenvalue weighted by Gasteiger charge is 2.31. The number of piperazine rings is 1. The fourth-order valence-corrected chi connectivity index (χ4v) is 3.90. The van der Waals surface area contributed by atoms with E-state index >= 15 is 0 Å². The van der Waals surface area contributed by atoms with Gasteiger partial charge >= 0.3 is 0 Å². The molecule has 1 atom stereocenters. The average molecular weight is 373 g/mol. The molecular formula is C15H19BrClN3O. The third-order valence-electron chi connectivity index (χ3n) is 4.24. The van der Waals surface area contributed by atoms with Crippen molar-refractivity contribution in [3.8, 4) is 0 Å². The van der Waals surface area contributed by atoms with Crippen LogP contribution in [0, 0.1) is 0 Å². The van der Waals surface area contributed by atoms with Gasteiger partial charge in [-0.15, -0.1) is 0 Å². The van der Waals surface area contributed by atoms with E-state index in [0.29, 0.717) is 23.3 Å². The maximum atomic E-state index is 12.2. The minimum Gasteiger partial charge on any atom is -0.324 e.